The number of rotatable bonds is 2. The third-order valence-electron chi connectivity index (χ3n) is 1.85. The number of aliphatic hydroxyl groups is 1. The Kier molecular flexibility index (Phi) is 4.17. The van der Waals surface area contributed by atoms with Crippen LogP contribution in [0.15, 0.2) is 17.0 Å². The Morgan fingerprint density at radius 2 is 2.06 bits per heavy atom. The van der Waals surface area contributed by atoms with E-state index in [0.717, 1.165) is 13.1 Å². The summed E-state index contributed by atoms with van der Waals surface area (Å²) in [4.78, 5) is -0.734. The second-order valence-electron chi connectivity index (χ2n) is 2.93. The van der Waals surface area contributed by atoms with Gasteiger partial charge in [0.25, 0.3) is 0 Å². The Balaban J connectivity index is 3.58. The number of nitrogens with one attached hydrogen (secondary N) is 1. The van der Waals surface area contributed by atoms with Crippen molar-refractivity contribution in [1.29, 1.82) is 0 Å². The lowest BCUT2D eigenvalue weighted by Crippen LogP contribution is -2.21. The molecule has 0 fully saturated rings. The van der Waals surface area contributed by atoms with Gasteiger partial charge in [0.2, 0.25) is 10.0 Å². The van der Waals surface area contributed by atoms with Crippen LogP contribution >= 0.6 is 0 Å². The SMILES string of the molecule is CNS(=O)(=O)c1c(F)cc(F)cc1C#CCO. The van der Waals surface area contributed by atoms with Crippen LogP contribution in [0.25, 0.3) is 0 Å². The molecule has 0 atom stereocenters. The van der Waals surface area contributed by atoms with Crippen LogP contribution in [0, 0.1) is 23.5 Å². The molecule has 0 amide bonds. The number of sulfonamides is 1. The topological polar surface area (TPSA) is 66.4 Å². The van der Waals surface area contributed by atoms with Crippen LogP contribution in [0.3, 0.4) is 0 Å². The molecule has 0 radical (unpaired) electrons. The van der Waals surface area contributed by atoms with E-state index in [4.69, 9.17) is 5.11 Å². The second kappa shape index (κ2) is 5.23. The number of aliphatic hydroxyl groups excluding tert-OH is 1. The van der Waals surface area contributed by atoms with E-state index >= 15 is 0 Å². The van der Waals surface area contributed by atoms with Crippen molar-refractivity contribution in [3.8, 4) is 11.8 Å². The molecule has 4 nitrogen and oxygen atoms in total. The van der Waals surface area contributed by atoms with Gasteiger partial charge in [-0.3, -0.25) is 0 Å². The molecule has 0 heterocycles. The average molecular weight is 261 g/mol. The molecule has 1 aromatic rings. The fourth-order valence-corrected chi connectivity index (χ4v) is 2.08. The smallest absolute Gasteiger partial charge is 0.244 e. The van der Waals surface area contributed by atoms with E-state index in [-0.39, 0.29) is 5.56 Å². The molecule has 1 aromatic carbocycles. The van der Waals surface area contributed by atoms with Crippen LogP contribution in [0.4, 0.5) is 8.78 Å². The molecule has 0 saturated heterocycles. The van der Waals surface area contributed by atoms with E-state index in [1.165, 1.54) is 0 Å². The summed E-state index contributed by atoms with van der Waals surface area (Å²) in [6.07, 6.45) is 0. The minimum atomic E-state index is -4.08. The molecular weight excluding hydrogens is 252 g/mol. The summed E-state index contributed by atoms with van der Waals surface area (Å²) in [5.41, 5.74) is -0.342. The molecule has 0 bridgehead atoms. The molecule has 7 heteroatoms. The zero-order valence-electron chi connectivity index (χ0n) is 8.79. The molecule has 0 spiro atoms. The molecule has 0 aliphatic heterocycles. The van der Waals surface area contributed by atoms with Gasteiger partial charge in [-0.15, -0.1) is 0 Å². The lowest BCUT2D eigenvalue weighted by Gasteiger charge is -2.06. The Morgan fingerprint density at radius 3 is 2.59 bits per heavy atom. The van der Waals surface area contributed by atoms with Crippen molar-refractivity contribution in [2.45, 2.75) is 4.90 Å². The van der Waals surface area contributed by atoms with Gasteiger partial charge in [0, 0.05) is 6.07 Å². The summed E-state index contributed by atoms with van der Waals surface area (Å²) < 4.78 is 51.3. The van der Waals surface area contributed by atoms with Crippen LogP contribution < -0.4 is 4.72 Å². The van der Waals surface area contributed by atoms with E-state index in [1.54, 1.807) is 0 Å². The maximum Gasteiger partial charge on any atom is 0.244 e. The lowest BCUT2D eigenvalue weighted by atomic mass is 10.2. The molecule has 0 saturated carbocycles. The Hall–Kier alpha value is -1.49. The molecule has 1 rings (SSSR count). The maximum atomic E-state index is 13.4. The van der Waals surface area contributed by atoms with Crippen molar-refractivity contribution in [3.05, 3.63) is 29.3 Å². The van der Waals surface area contributed by atoms with Gasteiger partial charge >= 0.3 is 0 Å². The summed E-state index contributed by atoms with van der Waals surface area (Å²) in [6.45, 7) is -0.544. The normalized spacial score (nSPS) is 10.8. The Labute approximate surface area is 97.3 Å². The molecule has 17 heavy (non-hydrogen) atoms. The fourth-order valence-electron chi connectivity index (χ4n) is 1.16. The zero-order valence-corrected chi connectivity index (χ0v) is 9.61. The number of halogens is 2. The summed E-state index contributed by atoms with van der Waals surface area (Å²) in [7, 11) is -2.98. The molecule has 0 aliphatic rings. The van der Waals surface area contributed by atoms with Crippen LogP contribution in [0.2, 0.25) is 0 Å². The monoisotopic (exact) mass is 261 g/mol. The van der Waals surface area contributed by atoms with Crippen molar-refractivity contribution in [2.75, 3.05) is 13.7 Å². The van der Waals surface area contributed by atoms with E-state index in [2.05, 4.69) is 11.8 Å². The van der Waals surface area contributed by atoms with Crippen molar-refractivity contribution < 1.29 is 22.3 Å². The van der Waals surface area contributed by atoms with Gasteiger partial charge in [-0.25, -0.2) is 21.9 Å². The molecule has 2 N–H and O–H groups in total. The summed E-state index contributed by atoms with van der Waals surface area (Å²) in [5.74, 6) is 2.14. The highest BCUT2D eigenvalue weighted by Crippen LogP contribution is 2.20. The summed E-state index contributed by atoms with van der Waals surface area (Å²) in [5, 5.41) is 8.49. The number of hydrogen-bond acceptors (Lipinski definition) is 3. The Morgan fingerprint density at radius 1 is 1.41 bits per heavy atom. The maximum absolute atomic E-state index is 13.4. The first-order valence-electron chi connectivity index (χ1n) is 4.44. The molecular formula is C10H9F2NO3S. The van der Waals surface area contributed by atoms with Crippen LogP contribution in [-0.4, -0.2) is 27.2 Å². The first kappa shape index (κ1) is 13.6. The van der Waals surface area contributed by atoms with Gasteiger partial charge in [-0.1, -0.05) is 11.8 Å². The van der Waals surface area contributed by atoms with Crippen molar-refractivity contribution in [2.24, 2.45) is 0 Å². The second-order valence-corrected chi connectivity index (χ2v) is 4.76. The van der Waals surface area contributed by atoms with E-state index in [9.17, 15) is 17.2 Å². The first-order chi connectivity index (χ1) is 7.92. The largest absolute Gasteiger partial charge is 0.384 e. The minimum absolute atomic E-state index is 0.342. The van der Waals surface area contributed by atoms with Crippen molar-refractivity contribution >= 4 is 10.0 Å². The molecule has 0 aliphatic carbocycles. The third-order valence-corrected chi connectivity index (χ3v) is 3.34. The van der Waals surface area contributed by atoms with Crippen LogP contribution in [-0.2, 0) is 10.0 Å². The highest BCUT2D eigenvalue weighted by molar-refractivity contribution is 7.89. The van der Waals surface area contributed by atoms with E-state index in [1.807, 2.05) is 4.72 Å². The van der Waals surface area contributed by atoms with Gasteiger partial charge in [-0.2, -0.15) is 0 Å². The third kappa shape index (κ3) is 3.00. The van der Waals surface area contributed by atoms with E-state index in [0.29, 0.717) is 6.07 Å². The highest BCUT2D eigenvalue weighted by Gasteiger charge is 2.22. The summed E-state index contributed by atoms with van der Waals surface area (Å²) in [6, 6.07) is 1.24. The molecule has 0 unspecified atom stereocenters. The predicted molar refractivity (Wildman–Crippen MR) is 56.6 cm³/mol. The summed E-state index contributed by atoms with van der Waals surface area (Å²) >= 11 is 0. The first-order valence-corrected chi connectivity index (χ1v) is 5.93. The number of benzene rings is 1. The number of hydrogen-bond donors (Lipinski definition) is 2. The van der Waals surface area contributed by atoms with Crippen LogP contribution in [0.5, 0.6) is 0 Å². The van der Waals surface area contributed by atoms with Gasteiger partial charge in [0.05, 0.1) is 5.56 Å². The standard InChI is InChI=1S/C10H9F2NO3S/c1-13-17(15,16)10-7(3-2-4-14)5-8(11)6-9(10)12/h5-6,13-14H,4H2,1H3. The Bertz CT molecular complexity index is 588. The molecule has 0 aromatic heterocycles. The van der Waals surface area contributed by atoms with Crippen molar-refractivity contribution in [3.63, 3.8) is 0 Å². The quantitative estimate of drug-likeness (QED) is 0.748. The average Bonchev–Trinajstić information content (AvgIpc) is 2.24. The minimum Gasteiger partial charge on any atom is -0.384 e. The van der Waals surface area contributed by atoms with Gasteiger partial charge in [0.15, 0.2) is 0 Å². The fraction of sp³-hybridized carbons (Fsp3) is 0.200. The van der Waals surface area contributed by atoms with E-state index < -0.39 is 33.2 Å². The van der Waals surface area contributed by atoms with Gasteiger partial charge < -0.3 is 5.11 Å². The van der Waals surface area contributed by atoms with Gasteiger partial charge in [-0.05, 0) is 13.1 Å². The predicted octanol–water partition coefficient (Wildman–Crippen LogP) is 0.217. The zero-order chi connectivity index (χ0) is 13.1. The van der Waals surface area contributed by atoms with Crippen LogP contribution in [0.1, 0.15) is 5.56 Å². The van der Waals surface area contributed by atoms with Crippen molar-refractivity contribution in [1.82, 2.24) is 4.72 Å². The lowest BCUT2D eigenvalue weighted by molar-refractivity contribution is 0.350. The highest BCUT2D eigenvalue weighted by atomic mass is 32.2. The van der Waals surface area contributed by atoms with Gasteiger partial charge in [0.1, 0.15) is 23.1 Å². The molecule has 92 valence electrons.